The number of methoxy groups -OCH3 is 1. The van der Waals surface area contributed by atoms with E-state index in [0.29, 0.717) is 6.04 Å². The molecule has 2 saturated carbocycles. The molecule has 4 unspecified atom stereocenters. The SMILES string of the molecule is CNC(CC1CC2CCC1C2)c1ccc(OC)c(C)c1. The number of rotatable bonds is 5. The lowest BCUT2D eigenvalue weighted by Gasteiger charge is -2.27. The summed E-state index contributed by atoms with van der Waals surface area (Å²) in [5.74, 6) is 3.98. The predicted molar refractivity (Wildman–Crippen MR) is 83.1 cm³/mol. The number of hydrogen-bond donors (Lipinski definition) is 1. The molecular weight excluding hydrogens is 246 g/mol. The van der Waals surface area contributed by atoms with Gasteiger partial charge in [-0.2, -0.15) is 0 Å². The molecule has 1 aromatic carbocycles. The van der Waals surface area contributed by atoms with Crippen LogP contribution in [-0.4, -0.2) is 14.2 Å². The Kier molecular flexibility index (Phi) is 4.02. The molecule has 2 aliphatic rings. The highest BCUT2D eigenvalue weighted by Gasteiger charge is 2.40. The lowest BCUT2D eigenvalue weighted by molar-refractivity contribution is 0.284. The van der Waals surface area contributed by atoms with Gasteiger partial charge >= 0.3 is 0 Å². The molecule has 1 N–H and O–H groups in total. The van der Waals surface area contributed by atoms with Crippen molar-refractivity contribution in [3.63, 3.8) is 0 Å². The Balaban J connectivity index is 1.71. The summed E-state index contributed by atoms with van der Waals surface area (Å²) < 4.78 is 5.37. The van der Waals surface area contributed by atoms with Crippen LogP contribution in [0.2, 0.25) is 0 Å². The normalized spacial score (nSPS) is 29.6. The molecule has 3 rings (SSSR count). The number of aryl methyl sites for hydroxylation is 1. The summed E-state index contributed by atoms with van der Waals surface area (Å²) in [7, 11) is 3.84. The maximum atomic E-state index is 5.37. The second-order valence-corrected chi connectivity index (χ2v) is 6.74. The van der Waals surface area contributed by atoms with Crippen LogP contribution in [0, 0.1) is 24.7 Å². The molecule has 110 valence electrons. The lowest BCUT2D eigenvalue weighted by atomic mass is 9.82. The van der Waals surface area contributed by atoms with Gasteiger partial charge in [0.15, 0.2) is 0 Å². The summed E-state index contributed by atoms with van der Waals surface area (Å²) in [6, 6.07) is 7.10. The van der Waals surface area contributed by atoms with E-state index in [1.165, 1.54) is 43.2 Å². The van der Waals surface area contributed by atoms with Crippen LogP contribution in [-0.2, 0) is 0 Å². The van der Waals surface area contributed by atoms with E-state index in [4.69, 9.17) is 4.74 Å². The van der Waals surface area contributed by atoms with Gasteiger partial charge < -0.3 is 10.1 Å². The van der Waals surface area contributed by atoms with E-state index >= 15 is 0 Å². The molecule has 0 heterocycles. The highest BCUT2D eigenvalue weighted by atomic mass is 16.5. The molecule has 0 spiro atoms. The quantitative estimate of drug-likeness (QED) is 0.872. The summed E-state index contributed by atoms with van der Waals surface area (Å²) in [5.41, 5.74) is 2.65. The second-order valence-electron chi connectivity index (χ2n) is 6.74. The number of nitrogens with one attached hydrogen (secondary N) is 1. The monoisotopic (exact) mass is 273 g/mol. The smallest absolute Gasteiger partial charge is 0.121 e. The topological polar surface area (TPSA) is 21.3 Å². The molecule has 0 radical (unpaired) electrons. The molecule has 2 heteroatoms. The summed E-state index contributed by atoms with van der Waals surface area (Å²) in [5, 5.41) is 3.53. The first-order valence-corrected chi connectivity index (χ1v) is 8.03. The maximum absolute atomic E-state index is 5.37. The molecule has 1 aromatic rings. The average molecular weight is 273 g/mol. The van der Waals surface area contributed by atoms with Gasteiger partial charge in [-0.25, -0.2) is 0 Å². The minimum Gasteiger partial charge on any atom is -0.496 e. The van der Waals surface area contributed by atoms with Crippen LogP contribution in [0.5, 0.6) is 5.75 Å². The second kappa shape index (κ2) is 5.77. The van der Waals surface area contributed by atoms with E-state index in [9.17, 15) is 0 Å². The number of ether oxygens (including phenoxy) is 1. The number of fused-ring (bicyclic) bond motifs is 2. The third-order valence-electron chi connectivity index (χ3n) is 5.59. The highest BCUT2D eigenvalue weighted by Crippen LogP contribution is 2.50. The first kappa shape index (κ1) is 13.9. The molecule has 0 saturated heterocycles. The Bertz CT molecular complexity index is 470. The van der Waals surface area contributed by atoms with E-state index in [2.05, 4.69) is 37.5 Å². The summed E-state index contributed by atoms with van der Waals surface area (Å²) in [6.07, 6.45) is 7.24. The van der Waals surface area contributed by atoms with Crippen molar-refractivity contribution >= 4 is 0 Å². The Morgan fingerprint density at radius 3 is 2.70 bits per heavy atom. The van der Waals surface area contributed by atoms with Crippen molar-refractivity contribution in [1.82, 2.24) is 5.32 Å². The van der Waals surface area contributed by atoms with Crippen LogP contribution in [0.3, 0.4) is 0 Å². The van der Waals surface area contributed by atoms with Gasteiger partial charge in [0.1, 0.15) is 5.75 Å². The van der Waals surface area contributed by atoms with E-state index in [0.717, 1.165) is 23.5 Å². The molecule has 0 amide bonds. The van der Waals surface area contributed by atoms with Gasteiger partial charge in [0.25, 0.3) is 0 Å². The Labute approximate surface area is 122 Å². The van der Waals surface area contributed by atoms with Crippen LogP contribution in [0.4, 0.5) is 0 Å². The highest BCUT2D eigenvalue weighted by molar-refractivity contribution is 5.37. The van der Waals surface area contributed by atoms with Gasteiger partial charge in [0, 0.05) is 6.04 Å². The zero-order chi connectivity index (χ0) is 14.1. The third kappa shape index (κ3) is 2.58. The van der Waals surface area contributed by atoms with Crippen LogP contribution in [0.1, 0.15) is 49.3 Å². The van der Waals surface area contributed by atoms with Gasteiger partial charge in [0.2, 0.25) is 0 Å². The summed E-state index contributed by atoms with van der Waals surface area (Å²) in [6.45, 7) is 2.13. The molecule has 20 heavy (non-hydrogen) atoms. The van der Waals surface area contributed by atoms with Gasteiger partial charge in [-0.3, -0.25) is 0 Å². The fraction of sp³-hybridized carbons (Fsp3) is 0.667. The summed E-state index contributed by atoms with van der Waals surface area (Å²) in [4.78, 5) is 0. The van der Waals surface area contributed by atoms with Gasteiger partial charge in [0.05, 0.1) is 7.11 Å². The molecule has 4 atom stereocenters. The molecule has 0 aromatic heterocycles. The number of hydrogen-bond acceptors (Lipinski definition) is 2. The number of benzene rings is 1. The van der Waals surface area contributed by atoms with Crippen molar-refractivity contribution in [3.05, 3.63) is 29.3 Å². The minimum atomic E-state index is 0.490. The van der Waals surface area contributed by atoms with Crippen LogP contribution in [0.15, 0.2) is 18.2 Å². The average Bonchev–Trinajstić information content (AvgIpc) is 3.07. The first-order valence-electron chi connectivity index (χ1n) is 8.03. The molecule has 2 aliphatic carbocycles. The van der Waals surface area contributed by atoms with Gasteiger partial charge in [-0.15, -0.1) is 0 Å². The Morgan fingerprint density at radius 1 is 1.30 bits per heavy atom. The lowest BCUT2D eigenvalue weighted by Crippen LogP contribution is -2.22. The first-order chi connectivity index (χ1) is 9.71. The fourth-order valence-corrected chi connectivity index (χ4v) is 4.51. The summed E-state index contributed by atoms with van der Waals surface area (Å²) >= 11 is 0. The Hall–Kier alpha value is -1.02. The Morgan fingerprint density at radius 2 is 2.15 bits per heavy atom. The van der Waals surface area contributed by atoms with E-state index in [1.54, 1.807) is 7.11 Å². The van der Waals surface area contributed by atoms with Crippen molar-refractivity contribution in [2.75, 3.05) is 14.2 Å². The van der Waals surface area contributed by atoms with E-state index in [-0.39, 0.29) is 0 Å². The van der Waals surface area contributed by atoms with Crippen LogP contribution < -0.4 is 10.1 Å². The third-order valence-corrected chi connectivity index (χ3v) is 5.59. The minimum absolute atomic E-state index is 0.490. The molecular formula is C18H27NO. The molecule has 2 nitrogen and oxygen atoms in total. The molecule has 0 aliphatic heterocycles. The van der Waals surface area contributed by atoms with Crippen LogP contribution >= 0.6 is 0 Å². The van der Waals surface area contributed by atoms with Crippen molar-refractivity contribution in [2.45, 2.75) is 45.1 Å². The standard InChI is InChI=1S/C18H27NO/c1-12-8-15(6-7-18(12)20-3)17(19-2)11-16-10-13-4-5-14(16)9-13/h6-8,13-14,16-17,19H,4-5,9-11H2,1-3H3. The largest absolute Gasteiger partial charge is 0.496 e. The van der Waals surface area contributed by atoms with E-state index in [1.807, 2.05) is 0 Å². The molecule has 2 fully saturated rings. The van der Waals surface area contributed by atoms with Crippen molar-refractivity contribution in [1.29, 1.82) is 0 Å². The van der Waals surface area contributed by atoms with Gasteiger partial charge in [-0.1, -0.05) is 18.6 Å². The zero-order valence-electron chi connectivity index (χ0n) is 13.0. The van der Waals surface area contributed by atoms with Crippen molar-refractivity contribution in [3.8, 4) is 5.75 Å². The maximum Gasteiger partial charge on any atom is 0.121 e. The fourth-order valence-electron chi connectivity index (χ4n) is 4.51. The van der Waals surface area contributed by atoms with Crippen molar-refractivity contribution in [2.24, 2.45) is 17.8 Å². The predicted octanol–water partition coefficient (Wildman–Crippen LogP) is 4.09. The van der Waals surface area contributed by atoms with Gasteiger partial charge in [-0.05, 0) is 74.6 Å². The van der Waals surface area contributed by atoms with Crippen molar-refractivity contribution < 1.29 is 4.74 Å². The van der Waals surface area contributed by atoms with E-state index < -0.39 is 0 Å². The molecule has 2 bridgehead atoms. The van der Waals surface area contributed by atoms with Crippen LogP contribution in [0.25, 0.3) is 0 Å². The zero-order valence-corrected chi connectivity index (χ0v) is 13.0.